The average molecular weight is 224 g/mol. The summed E-state index contributed by atoms with van der Waals surface area (Å²) in [6.07, 6.45) is 0.516. The zero-order valence-electron chi connectivity index (χ0n) is 4.85. The van der Waals surface area contributed by atoms with Crippen molar-refractivity contribution in [3.05, 3.63) is 0 Å². The molecule has 0 heterocycles. The Bertz CT molecular complexity index is 233. The van der Waals surface area contributed by atoms with Gasteiger partial charge >= 0.3 is 0 Å². The van der Waals surface area contributed by atoms with Crippen LogP contribution in [0.3, 0.4) is 0 Å². The summed E-state index contributed by atoms with van der Waals surface area (Å²) in [5.74, 6) is -0.306. The molecule has 6 heteroatoms. The number of rotatable bonds is 2. The summed E-state index contributed by atoms with van der Waals surface area (Å²) >= 11 is 11.1. The van der Waals surface area contributed by atoms with Gasteiger partial charge < -0.3 is 0 Å². The minimum absolute atomic E-state index is 0.123. The number of hydrogen-bond donors (Lipinski definition) is 0. The van der Waals surface area contributed by atoms with Crippen molar-refractivity contribution in [2.24, 2.45) is 5.92 Å². The molecule has 10 heavy (non-hydrogen) atoms. The molecule has 0 aromatic heterocycles. The molecule has 1 rings (SSSR count). The molecule has 1 aliphatic rings. The van der Waals surface area contributed by atoms with Crippen molar-refractivity contribution in [1.29, 1.82) is 0 Å². The van der Waals surface area contributed by atoms with E-state index in [2.05, 4.69) is 0 Å². The second kappa shape index (κ2) is 2.41. The Morgan fingerprint density at radius 1 is 1.50 bits per heavy atom. The molecular formula is C4H5Cl3O2S. The van der Waals surface area contributed by atoms with Crippen LogP contribution in [-0.2, 0) is 9.05 Å². The molecule has 0 N–H and O–H groups in total. The van der Waals surface area contributed by atoms with Crippen LogP contribution in [0.4, 0.5) is 0 Å². The first kappa shape index (κ1) is 8.91. The fourth-order valence-electron chi connectivity index (χ4n) is 0.691. The maximum absolute atomic E-state index is 10.4. The van der Waals surface area contributed by atoms with Gasteiger partial charge in [0.2, 0.25) is 9.05 Å². The summed E-state index contributed by atoms with van der Waals surface area (Å²) in [6.45, 7) is 0. The van der Waals surface area contributed by atoms with E-state index in [1.165, 1.54) is 0 Å². The summed E-state index contributed by atoms with van der Waals surface area (Å²) in [4.78, 5) is 0. The van der Waals surface area contributed by atoms with Crippen molar-refractivity contribution in [1.82, 2.24) is 0 Å². The number of hydrogen-bond acceptors (Lipinski definition) is 2. The summed E-state index contributed by atoms with van der Waals surface area (Å²) in [5, 5.41) is 0. The Morgan fingerprint density at radius 3 is 2.00 bits per heavy atom. The molecule has 1 fully saturated rings. The van der Waals surface area contributed by atoms with Gasteiger partial charge in [0.05, 0.1) is 5.75 Å². The van der Waals surface area contributed by atoms with E-state index < -0.39 is 13.4 Å². The molecule has 0 bridgehead atoms. The van der Waals surface area contributed by atoms with Gasteiger partial charge in [0, 0.05) is 16.6 Å². The van der Waals surface area contributed by atoms with Crippen molar-refractivity contribution in [3.63, 3.8) is 0 Å². The molecule has 0 radical (unpaired) electrons. The lowest BCUT2D eigenvalue weighted by atomic mass is 10.5. The minimum atomic E-state index is -3.43. The summed E-state index contributed by atoms with van der Waals surface area (Å²) in [5.41, 5.74) is 0. The highest BCUT2D eigenvalue weighted by Crippen LogP contribution is 2.53. The second-order valence-corrected chi connectivity index (χ2v) is 6.73. The van der Waals surface area contributed by atoms with E-state index in [0.717, 1.165) is 0 Å². The molecule has 0 amide bonds. The van der Waals surface area contributed by atoms with Gasteiger partial charge in [-0.05, 0) is 6.42 Å². The standard InChI is InChI=1S/C4H5Cl3O2S/c5-4(6)1-3(4)2-10(7,8)9/h3H,1-2H2/t3-/m0/s1. The summed E-state index contributed by atoms with van der Waals surface area (Å²) in [7, 11) is 1.52. The van der Waals surface area contributed by atoms with E-state index in [9.17, 15) is 8.42 Å². The SMILES string of the molecule is O=S(=O)(Cl)C[C@@H]1CC1(Cl)Cl. The van der Waals surface area contributed by atoms with E-state index in [1.807, 2.05) is 0 Å². The molecule has 1 atom stereocenters. The molecule has 2 nitrogen and oxygen atoms in total. The van der Waals surface area contributed by atoms with E-state index >= 15 is 0 Å². The molecule has 60 valence electrons. The molecule has 1 saturated carbocycles. The first-order valence-corrected chi connectivity index (χ1v) is 5.85. The van der Waals surface area contributed by atoms with Gasteiger partial charge in [0.15, 0.2) is 0 Å². The van der Waals surface area contributed by atoms with Gasteiger partial charge in [-0.2, -0.15) is 0 Å². The van der Waals surface area contributed by atoms with Gasteiger partial charge in [0.25, 0.3) is 0 Å². The molecule has 0 aromatic rings. The van der Waals surface area contributed by atoms with Crippen LogP contribution in [0.15, 0.2) is 0 Å². The molecule has 0 saturated heterocycles. The van der Waals surface area contributed by atoms with Crippen molar-refractivity contribution in [3.8, 4) is 0 Å². The average Bonchev–Trinajstić information content (AvgIpc) is 2.05. The second-order valence-electron chi connectivity index (χ2n) is 2.37. The fourth-order valence-corrected chi connectivity index (χ4v) is 2.74. The molecule has 1 aliphatic carbocycles. The third-order valence-corrected chi connectivity index (χ3v) is 3.46. The highest BCUT2D eigenvalue weighted by Gasteiger charge is 2.53. The molecule has 0 aliphatic heterocycles. The van der Waals surface area contributed by atoms with Crippen molar-refractivity contribution < 1.29 is 8.42 Å². The lowest BCUT2D eigenvalue weighted by Crippen LogP contribution is -2.03. The van der Waals surface area contributed by atoms with Gasteiger partial charge in [0.1, 0.15) is 4.33 Å². The van der Waals surface area contributed by atoms with E-state index in [4.69, 9.17) is 33.9 Å². The maximum atomic E-state index is 10.4. The summed E-state index contributed by atoms with van der Waals surface area (Å²) in [6, 6.07) is 0. The Hall–Kier alpha value is 0.820. The Kier molecular flexibility index (Phi) is 2.14. The predicted molar refractivity (Wildman–Crippen MR) is 42.2 cm³/mol. The zero-order valence-corrected chi connectivity index (χ0v) is 7.93. The van der Waals surface area contributed by atoms with Gasteiger partial charge in [-0.1, -0.05) is 0 Å². The predicted octanol–water partition coefficient (Wildman–Crippen LogP) is 1.75. The van der Waals surface area contributed by atoms with Crippen LogP contribution >= 0.6 is 33.9 Å². The number of alkyl halides is 2. The van der Waals surface area contributed by atoms with Gasteiger partial charge in [-0.15, -0.1) is 23.2 Å². The smallest absolute Gasteiger partial charge is 0.212 e. The lowest BCUT2D eigenvalue weighted by Gasteiger charge is -1.94. The third kappa shape index (κ3) is 2.46. The Balaban J connectivity index is 2.46. The molecule has 0 spiro atoms. The largest absolute Gasteiger partial charge is 0.232 e. The van der Waals surface area contributed by atoms with Crippen LogP contribution in [0.25, 0.3) is 0 Å². The van der Waals surface area contributed by atoms with E-state index in [0.29, 0.717) is 6.42 Å². The first-order chi connectivity index (χ1) is 4.31. The number of halogens is 3. The Morgan fingerprint density at radius 2 is 1.90 bits per heavy atom. The van der Waals surface area contributed by atoms with E-state index in [-0.39, 0.29) is 11.7 Å². The minimum Gasteiger partial charge on any atom is -0.212 e. The quantitative estimate of drug-likeness (QED) is 0.528. The molecular weight excluding hydrogens is 218 g/mol. The Labute approximate surface area is 73.9 Å². The lowest BCUT2D eigenvalue weighted by molar-refractivity contribution is 0.605. The van der Waals surface area contributed by atoms with Crippen LogP contribution in [0, 0.1) is 5.92 Å². The normalized spacial score (nSPS) is 30.1. The maximum Gasteiger partial charge on any atom is 0.232 e. The first-order valence-electron chi connectivity index (χ1n) is 2.61. The van der Waals surface area contributed by atoms with Gasteiger partial charge in [-0.25, -0.2) is 8.42 Å². The summed E-state index contributed by atoms with van der Waals surface area (Å²) < 4.78 is 20.0. The zero-order chi connectivity index (χ0) is 7.99. The van der Waals surface area contributed by atoms with Crippen molar-refractivity contribution in [2.75, 3.05) is 5.75 Å². The van der Waals surface area contributed by atoms with Crippen molar-refractivity contribution >= 4 is 42.9 Å². The van der Waals surface area contributed by atoms with E-state index in [1.54, 1.807) is 0 Å². The highest BCUT2D eigenvalue weighted by molar-refractivity contribution is 8.13. The fraction of sp³-hybridized carbons (Fsp3) is 1.00. The van der Waals surface area contributed by atoms with Gasteiger partial charge in [-0.3, -0.25) is 0 Å². The van der Waals surface area contributed by atoms with Crippen LogP contribution in [0.1, 0.15) is 6.42 Å². The third-order valence-electron chi connectivity index (χ3n) is 1.36. The van der Waals surface area contributed by atoms with Crippen LogP contribution < -0.4 is 0 Å². The highest BCUT2D eigenvalue weighted by atomic mass is 35.7. The van der Waals surface area contributed by atoms with Crippen LogP contribution in [0.5, 0.6) is 0 Å². The van der Waals surface area contributed by atoms with Crippen molar-refractivity contribution in [2.45, 2.75) is 10.8 Å². The molecule has 0 aromatic carbocycles. The topological polar surface area (TPSA) is 34.1 Å². The van der Waals surface area contributed by atoms with Crippen LogP contribution in [-0.4, -0.2) is 18.5 Å². The molecule has 0 unspecified atom stereocenters. The van der Waals surface area contributed by atoms with Crippen LogP contribution in [0.2, 0.25) is 0 Å². The monoisotopic (exact) mass is 222 g/mol.